The Morgan fingerprint density at radius 2 is 1.84 bits per heavy atom. The number of nitro groups is 1. The van der Waals surface area contributed by atoms with Crippen LogP contribution in [0.2, 0.25) is 0 Å². The highest BCUT2D eigenvalue weighted by Gasteiger charge is 2.16. The minimum atomic E-state index is -0.983. The van der Waals surface area contributed by atoms with E-state index < -0.39 is 22.7 Å². The number of hydrogen-bond donors (Lipinski definition) is 3. The van der Waals surface area contributed by atoms with Crippen LogP contribution in [0.5, 0.6) is 0 Å². The standard InChI is InChI=1S/C16H23N3O6/c1-16(2,3)25-15(22)17-9-8-14(21)18-10-13(20)11-4-6-12(7-5-11)19(23)24/h4-7,13,20H,8-10H2,1-3H3,(H,17,22)(H,18,21). The van der Waals surface area contributed by atoms with Gasteiger partial charge in [0, 0.05) is 31.6 Å². The summed E-state index contributed by atoms with van der Waals surface area (Å²) in [6.45, 7) is 5.27. The molecule has 0 radical (unpaired) electrons. The maximum Gasteiger partial charge on any atom is 0.407 e. The molecule has 0 aliphatic heterocycles. The van der Waals surface area contributed by atoms with Crippen molar-refractivity contribution < 1.29 is 24.4 Å². The van der Waals surface area contributed by atoms with E-state index in [-0.39, 0.29) is 31.1 Å². The van der Waals surface area contributed by atoms with Crippen LogP contribution in [0.3, 0.4) is 0 Å². The van der Waals surface area contributed by atoms with E-state index in [1.165, 1.54) is 24.3 Å². The lowest BCUT2D eigenvalue weighted by Gasteiger charge is -2.19. The van der Waals surface area contributed by atoms with Crippen molar-refractivity contribution in [3.8, 4) is 0 Å². The summed E-state index contributed by atoms with van der Waals surface area (Å²) in [5.41, 5.74) is -0.229. The van der Waals surface area contributed by atoms with Crippen LogP contribution in [-0.2, 0) is 9.53 Å². The average molecular weight is 353 g/mol. The predicted octanol–water partition coefficient (Wildman–Crippen LogP) is 1.66. The summed E-state index contributed by atoms with van der Waals surface area (Å²) in [7, 11) is 0. The second-order valence-electron chi connectivity index (χ2n) is 6.35. The number of nitro benzene ring substituents is 1. The lowest BCUT2D eigenvalue weighted by molar-refractivity contribution is -0.384. The Labute approximate surface area is 145 Å². The van der Waals surface area contributed by atoms with Gasteiger partial charge in [0.2, 0.25) is 5.91 Å². The van der Waals surface area contributed by atoms with Crippen LogP contribution in [0, 0.1) is 10.1 Å². The van der Waals surface area contributed by atoms with Crippen molar-refractivity contribution in [3.63, 3.8) is 0 Å². The van der Waals surface area contributed by atoms with Crippen LogP contribution in [-0.4, -0.2) is 40.7 Å². The highest BCUT2D eigenvalue weighted by Crippen LogP contribution is 2.17. The number of rotatable bonds is 7. The summed E-state index contributed by atoms with van der Waals surface area (Å²) in [6, 6.07) is 5.42. The molecule has 2 amide bonds. The van der Waals surface area contributed by atoms with Crippen LogP contribution < -0.4 is 10.6 Å². The van der Waals surface area contributed by atoms with Gasteiger partial charge >= 0.3 is 6.09 Å². The molecule has 25 heavy (non-hydrogen) atoms. The molecule has 1 unspecified atom stereocenters. The molecule has 0 spiro atoms. The quantitative estimate of drug-likeness (QED) is 0.505. The van der Waals surface area contributed by atoms with Crippen molar-refractivity contribution in [2.24, 2.45) is 0 Å². The maximum atomic E-state index is 11.7. The summed E-state index contributed by atoms with van der Waals surface area (Å²) in [4.78, 5) is 33.1. The molecule has 0 fully saturated rings. The molecule has 1 aromatic carbocycles. The number of aliphatic hydroxyl groups excluding tert-OH is 1. The lowest BCUT2D eigenvalue weighted by Crippen LogP contribution is -2.35. The third-order valence-electron chi connectivity index (χ3n) is 3.00. The van der Waals surface area contributed by atoms with Crippen molar-refractivity contribution in [3.05, 3.63) is 39.9 Å². The summed E-state index contributed by atoms with van der Waals surface area (Å²) in [5, 5.41) is 25.5. The Morgan fingerprint density at radius 1 is 1.24 bits per heavy atom. The Kier molecular flexibility index (Phi) is 7.31. The van der Waals surface area contributed by atoms with Crippen LogP contribution in [0.1, 0.15) is 38.9 Å². The molecule has 0 aliphatic carbocycles. The topological polar surface area (TPSA) is 131 Å². The van der Waals surface area contributed by atoms with Gasteiger partial charge in [-0.2, -0.15) is 0 Å². The molecule has 0 saturated heterocycles. The summed E-state index contributed by atoms with van der Waals surface area (Å²) in [6.07, 6.45) is -1.55. The molecule has 1 atom stereocenters. The largest absolute Gasteiger partial charge is 0.444 e. The number of amides is 2. The molecule has 9 heteroatoms. The summed E-state index contributed by atoms with van der Waals surface area (Å²) in [5.74, 6) is -0.350. The van der Waals surface area contributed by atoms with Gasteiger partial charge in [0.15, 0.2) is 0 Å². The highest BCUT2D eigenvalue weighted by molar-refractivity contribution is 5.77. The molecule has 0 aliphatic rings. The number of aliphatic hydroxyl groups is 1. The summed E-state index contributed by atoms with van der Waals surface area (Å²) < 4.78 is 5.03. The fourth-order valence-corrected chi connectivity index (χ4v) is 1.83. The maximum absolute atomic E-state index is 11.7. The number of ether oxygens (including phenoxy) is 1. The van der Waals surface area contributed by atoms with Gasteiger partial charge in [-0.05, 0) is 38.5 Å². The number of benzene rings is 1. The number of hydrogen-bond acceptors (Lipinski definition) is 6. The van der Waals surface area contributed by atoms with Crippen LogP contribution >= 0.6 is 0 Å². The van der Waals surface area contributed by atoms with Crippen molar-refractivity contribution in [2.45, 2.75) is 38.9 Å². The molecule has 0 aromatic heterocycles. The molecule has 0 heterocycles. The van der Waals surface area contributed by atoms with Gasteiger partial charge < -0.3 is 20.5 Å². The van der Waals surface area contributed by atoms with E-state index in [9.17, 15) is 24.8 Å². The predicted molar refractivity (Wildman–Crippen MR) is 89.9 cm³/mol. The first-order chi connectivity index (χ1) is 11.6. The number of nitrogens with one attached hydrogen (secondary N) is 2. The zero-order chi connectivity index (χ0) is 19.0. The van der Waals surface area contributed by atoms with Gasteiger partial charge in [-0.25, -0.2) is 4.79 Å². The number of carbonyl (C=O) groups excluding carboxylic acids is 2. The molecule has 0 bridgehead atoms. The molecule has 3 N–H and O–H groups in total. The first-order valence-corrected chi connectivity index (χ1v) is 7.74. The minimum Gasteiger partial charge on any atom is -0.444 e. The Hall–Kier alpha value is -2.68. The monoisotopic (exact) mass is 353 g/mol. The SMILES string of the molecule is CC(C)(C)OC(=O)NCCC(=O)NCC(O)c1ccc([N+](=O)[O-])cc1. The zero-order valence-electron chi connectivity index (χ0n) is 14.4. The average Bonchev–Trinajstić information content (AvgIpc) is 2.51. The molecule has 138 valence electrons. The molecule has 1 rings (SSSR count). The number of nitrogens with zero attached hydrogens (tertiary/aromatic N) is 1. The van der Waals surface area contributed by atoms with E-state index in [4.69, 9.17) is 4.74 Å². The van der Waals surface area contributed by atoms with Crippen molar-refractivity contribution >= 4 is 17.7 Å². The van der Waals surface area contributed by atoms with E-state index >= 15 is 0 Å². The van der Waals surface area contributed by atoms with E-state index in [1.807, 2.05) is 0 Å². The molecule has 0 saturated carbocycles. The van der Waals surface area contributed by atoms with Gasteiger partial charge in [0.05, 0.1) is 11.0 Å². The van der Waals surface area contributed by atoms with E-state index in [1.54, 1.807) is 20.8 Å². The highest BCUT2D eigenvalue weighted by atomic mass is 16.6. The third-order valence-corrected chi connectivity index (χ3v) is 3.00. The van der Waals surface area contributed by atoms with E-state index in [0.29, 0.717) is 5.56 Å². The Morgan fingerprint density at radius 3 is 2.36 bits per heavy atom. The fourth-order valence-electron chi connectivity index (χ4n) is 1.83. The smallest absolute Gasteiger partial charge is 0.407 e. The van der Waals surface area contributed by atoms with E-state index in [2.05, 4.69) is 10.6 Å². The van der Waals surface area contributed by atoms with Crippen LogP contribution in [0.4, 0.5) is 10.5 Å². The first-order valence-electron chi connectivity index (χ1n) is 7.74. The number of alkyl carbamates (subject to hydrolysis) is 1. The molecule has 1 aromatic rings. The van der Waals surface area contributed by atoms with Crippen LogP contribution in [0.25, 0.3) is 0 Å². The minimum absolute atomic E-state index is 0.0340. The molecule has 9 nitrogen and oxygen atoms in total. The fraction of sp³-hybridized carbons (Fsp3) is 0.500. The van der Waals surface area contributed by atoms with Crippen molar-refractivity contribution in [1.29, 1.82) is 0 Å². The lowest BCUT2D eigenvalue weighted by atomic mass is 10.1. The second-order valence-corrected chi connectivity index (χ2v) is 6.35. The van der Waals surface area contributed by atoms with Gasteiger partial charge in [-0.15, -0.1) is 0 Å². The Bertz CT molecular complexity index is 609. The van der Waals surface area contributed by atoms with E-state index in [0.717, 1.165) is 0 Å². The van der Waals surface area contributed by atoms with Crippen molar-refractivity contribution in [2.75, 3.05) is 13.1 Å². The van der Waals surface area contributed by atoms with Crippen LogP contribution in [0.15, 0.2) is 24.3 Å². The molecular formula is C16H23N3O6. The normalized spacial score (nSPS) is 12.2. The third kappa shape index (κ3) is 8.11. The second kappa shape index (κ2) is 8.97. The van der Waals surface area contributed by atoms with Gasteiger partial charge in [0.25, 0.3) is 5.69 Å². The van der Waals surface area contributed by atoms with Gasteiger partial charge in [-0.1, -0.05) is 0 Å². The first kappa shape index (κ1) is 20.4. The summed E-state index contributed by atoms with van der Waals surface area (Å²) >= 11 is 0. The van der Waals surface area contributed by atoms with Crippen molar-refractivity contribution in [1.82, 2.24) is 10.6 Å². The molecular weight excluding hydrogens is 330 g/mol. The zero-order valence-corrected chi connectivity index (χ0v) is 14.4. The van der Waals surface area contributed by atoms with Gasteiger partial charge in [-0.3, -0.25) is 14.9 Å². The van der Waals surface area contributed by atoms with Gasteiger partial charge in [0.1, 0.15) is 5.60 Å². The number of non-ortho nitro benzene ring substituents is 1. The Balaban J connectivity index is 2.31. The number of carbonyl (C=O) groups is 2.